The van der Waals surface area contributed by atoms with Gasteiger partial charge in [-0.3, -0.25) is 9.59 Å². The van der Waals surface area contributed by atoms with Crippen LogP contribution in [0.25, 0.3) is 0 Å². The zero-order valence-corrected chi connectivity index (χ0v) is 15.0. The second-order valence-electron chi connectivity index (χ2n) is 6.50. The van der Waals surface area contributed by atoms with E-state index in [9.17, 15) is 9.59 Å². The van der Waals surface area contributed by atoms with E-state index in [-0.39, 0.29) is 23.9 Å². The largest absolute Gasteiger partial charge is 0.309 e. The number of carbonyl (C=O) groups is 2. The summed E-state index contributed by atoms with van der Waals surface area (Å²) in [7, 11) is 0. The van der Waals surface area contributed by atoms with Gasteiger partial charge in [-0.05, 0) is 37.1 Å². The number of nitrogens with zero attached hydrogens (tertiary/aromatic N) is 2. The van der Waals surface area contributed by atoms with Crippen LogP contribution in [0.1, 0.15) is 45.2 Å². The summed E-state index contributed by atoms with van der Waals surface area (Å²) in [5, 5.41) is 0. The molecule has 3 rings (SSSR count). The van der Waals surface area contributed by atoms with Crippen LogP contribution in [0.5, 0.6) is 0 Å². The number of fused-ring (bicyclic) bond motifs is 1. The third-order valence-electron chi connectivity index (χ3n) is 4.82. The molecule has 1 heterocycles. The minimum absolute atomic E-state index is 0.00784. The highest BCUT2D eigenvalue weighted by Crippen LogP contribution is 2.42. The lowest BCUT2D eigenvalue weighted by molar-refractivity contribution is -0.118. The maximum atomic E-state index is 12.5. The van der Waals surface area contributed by atoms with Crippen LogP contribution in [-0.2, 0) is 9.59 Å². The third kappa shape index (κ3) is 3.16. The SMILES string of the molecule is CCC(=O)N1c2ccccc2[C@@H](N(C(C)=O)c2ccccc2)C[C@@H]1C. The van der Waals surface area contributed by atoms with Gasteiger partial charge >= 0.3 is 0 Å². The predicted octanol–water partition coefficient (Wildman–Crippen LogP) is 4.32. The zero-order valence-electron chi connectivity index (χ0n) is 15.0. The van der Waals surface area contributed by atoms with Gasteiger partial charge in [0.15, 0.2) is 0 Å². The molecular weight excluding hydrogens is 312 g/mol. The summed E-state index contributed by atoms with van der Waals surface area (Å²) >= 11 is 0. The van der Waals surface area contributed by atoms with E-state index in [2.05, 4.69) is 6.92 Å². The number of hydrogen-bond acceptors (Lipinski definition) is 2. The molecule has 2 amide bonds. The molecule has 0 saturated carbocycles. The van der Waals surface area contributed by atoms with Crippen LogP contribution >= 0.6 is 0 Å². The highest BCUT2D eigenvalue weighted by molar-refractivity contribution is 5.97. The Morgan fingerprint density at radius 2 is 1.72 bits per heavy atom. The number of para-hydroxylation sites is 2. The summed E-state index contributed by atoms with van der Waals surface area (Å²) in [6.07, 6.45) is 1.19. The van der Waals surface area contributed by atoms with E-state index in [1.54, 1.807) is 6.92 Å². The second kappa shape index (κ2) is 7.09. The van der Waals surface area contributed by atoms with Gasteiger partial charge in [-0.25, -0.2) is 0 Å². The molecule has 2 aromatic rings. The number of anilines is 2. The fourth-order valence-corrected chi connectivity index (χ4v) is 3.75. The van der Waals surface area contributed by atoms with Gasteiger partial charge in [0.25, 0.3) is 0 Å². The molecular formula is C21H24N2O2. The monoisotopic (exact) mass is 336 g/mol. The minimum atomic E-state index is -0.0768. The molecule has 130 valence electrons. The number of hydrogen-bond donors (Lipinski definition) is 0. The Kier molecular flexibility index (Phi) is 4.88. The van der Waals surface area contributed by atoms with Gasteiger partial charge in [0.2, 0.25) is 11.8 Å². The lowest BCUT2D eigenvalue weighted by Crippen LogP contribution is -2.47. The standard InChI is InChI=1S/C21H24N2O2/c1-4-21(25)22-15(2)14-20(18-12-8-9-13-19(18)22)23(16(3)24)17-10-6-5-7-11-17/h5-13,15,20H,4,14H2,1-3H3/t15-,20-/m0/s1. The van der Waals surface area contributed by atoms with Crippen molar-refractivity contribution in [3.05, 3.63) is 60.2 Å². The van der Waals surface area contributed by atoms with E-state index in [1.807, 2.05) is 71.3 Å². The molecule has 1 aliphatic rings. The Bertz CT molecular complexity index is 772. The molecule has 0 spiro atoms. The third-order valence-corrected chi connectivity index (χ3v) is 4.82. The van der Waals surface area contributed by atoms with Crippen molar-refractivity contribution in [2.75, 3.05) is 9.80 Å². The number of benzene rings is 2. The first kappa shape index (κ1) is 17.2. The van der Waals surface area contributed by atoms with Crippen molar-refractivity contribution in [1.82, 2.24) is 0 Å². The summed E-state index contributed by atoms with van der Waals surface area (Å²) in [5.74, 6) is 0.126. The summed E-state index contributed by atoms with van der Waals surface area (Å²) in [6.45, 7) is 5.54. The molecule has 0 fully saturated rings. The second-order valence-corrected chi connectivity index (χ2v) is 6.50. The summed E-state index contributed by atoms with van der Waals surface area (Å²) in [4.78, 5) is 28.7. The van der Waals surface area contributed by atoms with Gasteiger partial charge in [-0.1, -0.05) is 43.3 Å². The van der Waals surface area contributed by atoms with Crippen LogP contribution in [0.4, 0.5) is 11.4 Å². The van der Waals surface area contributed by atoms with Crippen molar-refractivity contribution in [3.63, 3.8) is 0 Å². The van der Waals surface area contributed by atoms with Crippen LogP contribution in [-0.4, -0.2) is 17.9 Å². The van der Waals surface area contributed by atoms with Crippen LogP contribution in [0.3, 0.4) is 0 Å². The maximum absolute atomic E-state index is 12.5. The van der Waals surface area contributed by atoms with E-state index in [4.69, 9.17) is 0 Å². The van der Waals surface area contributed by atoms with E-state index in [0.29, 0.717) is 6.42 Å². The van der Waals surface area contributed by atoms with Gasteiger partial charge in [0, 0.05) is 30.8 Å². The lowest BCUT2D eigenvalue weighted by Gasteiger charge is -2.43. The van der Waals surface area contributed by atoms with Gasteiger partial charge in [0.05, 0.1) is 6.04 Å². The van der Waals surface area contributed by atoms with Crippen molar-refractivity contribution in [2.45, 2.75) is 45.7 Å². The van der Waals surface area contributed by atoms with Crippen molar-refractivity contribution in [3.8, 4) is 0 Å². The van der Waals surface area contributed by atoms with E-state index >= 15 is 0 Å². The first-order valence-electron chi connectivity index (χ1n) is 8.80. The Balaban J connectivity index is 2.10. The summed E-state index contributed by atoms with van der Waals surface area (Å²) < 4.78 is 0. The number of carbonyl (C=O) groups excluding carboxylic acids is 2. The van der Waals surface area contributed by atoms with E-state index in [1.165, 1.54) is 0 Å². The Morgan fingerprint density at radius 1 is 1.08 bits per heavy atom. The molecule has 0 bridgehead atoms. The zero-order chi connectivity index (χ0) is 18.0. The highest BCUT2D eigenvalue weighted by atomic mass is 16.2. The predicted molar refractivity (Wildman–Crippen MR) is 101 cm³/mol. The molecule has 25 heavy (non-hydrogen) atoms. The summed E-state index contributed by atoms with van der Waals surface area (Å²) in [5.41, 5.74) is 2.83. The molecule has 2 aromatic carbocycles. The molecule has 0 radical (unpaired) electrons. The minimum Gasteiger partial charge on any atom is -0.309 e. The van der Waals surface area contributed by atoms with Crippen molar-refractivity contribution >= 4 is 23.2 Å². The van der Waals surface area contributed by atoms with Gasteiger partial charge in [0.1, 0.15) is 0 Å². The molecule has 0 saturated heterocycles. The van der Waals surface area contributed by atoms with Crippen molar-refractivity contribution in [1.29, 1.82) is 0 Å². The number of amides is 2. The molecule has 0 aliphatic carbocycles. The van der Waals surface area contributed by atoms with Gasteiger partial charge in [-0.2, -0.15) is 0 Å². The molecule has 0 aromatic heterocycles. The summed E-state index contributed by atoms with van der Waals surface area (Å²) in [6, 6.07) is 17.6. The lowest BCUT2D eigenvalue weighted by atomic mass is 9.89. The maximum Gasteiger partial charge on any atom is 0.226 e. The Labute approximate surface area is 149 Å². The fourth-order valence-electron chi connectivity index (χ4n) is 3.75. The van der Waals surface area contributed by atoms with E-state index in [0.717, 1.165) is 23.4 Å². The van der Waals surface area contributed by atoms with Crippen LogP contribution < -0.4 is 9.80 Å². The van der Waals surface area contributed by atoms with Crippen LogP contribution in [0.2, 0.25) is 0 Å². The van der Waals surface area contributed by atoms with E-state index < -0.39 is 0 Å². The molecule has 4 nitrogen and oxygen atoms in total. The highest BCUT2D eigenvalue weighted by Gasteiger charge is 2.37. The average molecular weight is 336 g/mol. The quantitative estimate of drug-likeness (QED) is 0.838. The smallest absolute Gasteiger partial charge is 0.226 e. The first-order valence-corrected chi connectivity index (χ1v) is 8.80. The fraction of sp³-hybridized carbons (Fsp3) is 0.333. The van der Waals surface area contributed by atoms with Gasteiger partial charge in [-0.15, -0.1) is 0 Å². The topological polar surface area (TPSA) is 40.6 Å². The van der Waals surface area contributed by atoms with Crippen LogP contribution in [0.15, 0.2) is 54.6 Å². The Hall–Kier alpha value is -2.62. The molecule has 1 aliphatic heterocycles. The van der Waals surface area contributed by atoms with Crippen LogP contribution in [0, 0.1) is 0 Å². The Morgan fingerprint density at radius 3 is 2.36 bits per heavy atom. The normalized spacial score (nSPS) is 19.2. The molecule has 0 N–H and O–H groups in total. The average Bonchev–Trinajstić information content (AvgIpc) is 2.62. The van der Waals surface area contributed by atoms with Crippen molar-refractivity contribution in [2.24, 2.45) is 0 Å². The van der Waals surface area contributed by atoms with Crippen molar-refractivity contribution < 1.29 is 9.59 Å². The van der Waals surface area contributed by atoms with Gasteiger partial charge < -0.3 is 9.80 Å². The molecule has 0 unspecified atom stereocenters. The number of rotatable bonds is 3. The first-order chi connectivity index (χ1) is 12.0. The molecule has 2 atom stereocenters. The molecule has 4 heteroatoms.